The monoisotopic (exact) mass is 801 g/mol. The first-order valence-electron chi connectivity index (χ1n) is 18.8. The van der Waals surface area contributed by atoms with Crippen molar-refractivity contribution in [3.63, 3.8) is 0 Å². The molecule has 19 nitrogen and oxygen atoms in total. The standard InChI is InChI=1S/C40H43N13O6/c41-29(11-24-16-42-19-47-24)36(54)50-32(9-22-14-45-30-7-3-1-5-27(22)30)37(55)52-34(12-25-17-43-20-48-25)39(57)51-33(10-23-15-46-31-8-4-2-6-28(23)31)38(56)53-35(40(58)59)13-26-18-44-21-49-26/h1-8,14-21,29,32-35,45-46H,9-13,41H2,(H,42,47)(H,43,48)(H,44,49)(H,50,54)(H,51,57)(H,52,55)(H,53,56)(H,58,59)/t29-,32-,33-,34-,35-/m0/s1. The van der Waals surface area contributed by atoms with Crippen LogP contribution in [0.5, 0.6) is 0 Å². The Balaban J connectivity index is 1.15. The van der Waals surface area contributed by atoms with Gasteiger partial charge in [-0.2, -0.15) is 0 Å². The highest BCUT2D eigenvalue weighted by Gasteiger charge is 2.33. The number of H-pyrrole nitrogens is 5. The van der Waals surface area contributed by atoms with Crippen molar-refractivity contribution in [2.45, 2.75) is 62.3 Å². The minimum atomic E-state index is -1.37. The van der Waals surface area contributed by atoms with Gasteiger partial charge in [-0.1, -0.05) is 36.4 Å². The number of amides is 4. The fourth-order valence-corrected chi connectivity index (χ4v) is 6.91. The molecule has 2 aromatic carbocycles. The number of carbonyl (C=O) groups excluding carboxylic acids is 4. The highest BCUT2D eigenvalue weighted by molar-refractivity contribution is 5.96. The van der Waals surface area contributed by atoms with E-state index in [-0.39, 0.29) is 32.1 Å². The average Bonchev–Trinajstić information content (AvgIpc) is 4.09. The number of nitrogens with one attached hydrogen (secondary N) is 9. The van der Waals surface area contributed by atoms with Crippen molar-refractivity contribution in [2.24, 2.45) is 5.73 Å². The van der Waals surface area contributed by atoms with Crippen LogP contribution >= 0.6 is 0 Å². The maximum Gasteiger partial charge on any atom is 0.326 e. The molecule has 5 heterocycles. The first kappa shape index (κ1) is 39.7. The van der Waals surface area contributed by atoms with E-state index in [1.807, 2.05) is 48.5 Å². The van der Waals surface area contributed by atoms with Gasteiger partial charge >= 0.3 is 5.97 Å². The summed E-state index contributed by atoms with van der Waals surface area (Å²) in [6.07, 6.45) is 12.3. The number of nitrogens with zero attached hydrogens (tertiary/aromatic N) is 3. The Hall–Kier alpha value is -7.54. The molecule has 0 saturated heterocycles. The molecule has 0 bridgehead atoms. The van der Waals surface area contributed by atoms with Crippen molar-refractivity contribution in [3.05, 3.63) is 127 Å². The van der Waals surface area contributed by atoms with E-state index in [9.17, 15) is 29.1 Å². The molecule has 0 radical (unpaired) electrons. The van der Waals surface area contributed by atoms with Crippen molar-refractivity contribution >= 4 is 51.4 Å². The minimum absolute atomic E-state index is 0.0334. The number of imidazole rings is 3. The summed E-state index contributed by atoms with van der Waals surface area (Å²) in [4.78, 5) is 95.9. The molecule has 12 N–H and O–H groups in total. The fraction of sp³-hybridized carbons (Fsp3) is 0.250. The summed E-state index contributed by atoms with van der Waals surface area (Å²) in [7, 11) is 0. The lowest BCUT2D eigenvalue weighted by atomic mass is 10.0. The van der Waals surface area contributed by atoms with Crippen LogP contribution < -0.4 is 27.0 Å². The van der Waals surface area contributed by atoms with Crippen LogP contribution in [0.1, 0.15) is 28.2 Å². The van der Waals surface area contributed by atoms with Gasteiger partial charge in [-0.3, -0.25) is 19.2 Å². The molecule has 7 aromatic rings. The highest BCUT2D eigenvalue weighted by Crippen LogP contribution is 2.21. The van der Waals surface area contributed by atoms with Gasteiger partial charge in [0.1, 0.15) is 24.2 Å². The number of hydrogen-bond acceptors (Lipinski definition) is 9. The Morgan fingerprint density at radius 3 is 1.36 bits per heavy atom. The zero-order chi connectivity index (χ0) is 41.3. The maximum atomic E-state index is 14.4. The number of benzene rings is 2. The van der Waals surface area contributed by atoms with Gasteiger partial charge in [-0.05, 0) is 23.3 Å². The first-order chi connectivity index (χ1) is 28.6. The molecule has 5 aromatic heterocycles. The van der Waals surface area contributed by atoms with Gasteiger partial charge in [-0.15, -0.1) is 0 Å². The van der Waals surface area contributed by atoms with Crippen molar-refractivity contribution < 1.29 is 29.1 Å². The lowest BCUT2D eigenvalue weighted by molar-refractivity contribution is -0.142. The number of carboxylic acids is 1. The van der Waals surface area contributed by atoms with Gasteiger partial charge < -0.3 is 57.0 Å². The molecule has 0 aliphatic heterocycles. The average molecular weight is 802 g/mol. The smallest absolute Gasteiger partial charge is 0.326 e. The van der Waals surface area contributed by atoms with E-state index < -0.39 is 59.8 Å². The summed E-state index contributed by atoms with van der Waals surface area (Å²) < 4.78 is 0. The fourth-order valence-electron chi connectivity index (χ4n) is 6.91. The summed E-state index contributed by atoms with van der Waals surface area (Å²) in [5, 5.41) is 22.6. The predicted molar refractivity (Wildman–Crippen MR) is 214 cm³/mol. The van der Waals surface area contributed by atoms with Crippen LogP contribution in [0.3, 0.4) is 0 Å². The summed E-state index contributed by atoms with van der Waals surface area (Å²) in [5.74, 6) is -4.14. The van der Waals surface area contributed by atoms with Crippen molar-refractivity contribution in [2.75, 3.05) is 0 Å². The highest BCUT2D eigenvalue weighted by atomic mass is 16.4. The second kappa shape index (κ2) is 18.2. The second-order valence-electron chi connectivity index (χ2n) is 14.1. The molecule has 0 saturated carbocycles. The number of nitrogens with two attached hydrogens (primary N) is 1. The molecule has 4 amide bonds. The van der Waals surface area contributed by atoms with Crippen LogP contribution in [0.15, 0.2) is 98.5 Å². The SMILES string of the molecule is N[C@@H](Cc1c[nH]cn1)C(=O)N[C@@H](Cc1c[nH]c2ccccc12)C(=O)N[C@@H](Cc1c[nH]cn1)C(=O)N[C@@H](Cc1c[nH]c2ccccc12)C(=O)N[C@@H](Cc1c[nH]cn1)C(=O)O. The maximum absolute atomic E-state index is 14.4. The summed E-state index contributed by atoms with van der Waals surface area (Å²) in [6.45, 7) is 0. The Kier molecular flexibility index (Phi) is 12.2. The lowest BCUT2D eigenvalue weighted by Gasteiger charge is -2.26. The van der Waals surface area contributed by atoms with E-state index in [4.69, 9.17) is 5.73 Å². The molecule has 0 spiro atoms. The quantitative estimate of drug-likeness (QED) is 0.0544. The normalized spacial score (nSPS) is 13.9. The van der Waals surface area contributed by atoms with E-state index in [0.717, 1.165) is 27.4 Å². The van der Waals surface area contributed by atoms with Gasteiger partial charge in [0, 0.05) is 84.9 Å². The second-order valence-corrected chi connectivity index (χ2v) is 14.1. The van der Waals surface area contributed by atoms with Crippen LogP contribution in [0, 0.1) is 0 Å². The topological polar surface area (TPSA) is 297 Å². The van der Waals surface area contributed by atoms with Gasteiger partial charge in [-0.25, -0.2) is 19.7 Å². The molecule has 0 fully saturated rings. The van der Waals surface area contributed by atoms with Gasteiger partial charge in [0.2, 0.25) is 23.6 Å². The Bertz CT molecular complexity index is 2510. The van der Waals surface area contributed by atoms with Crippen LogP contribution in [0.25, 0.3) is 21.8 Å². The number of aliphatic carboxylic acids is 1. The summed E-state index contributed by atoms with van der Waals surface area (Å²) in [5.41, 5.74) is 10.7. The third-order valence-corrected chi connectivity index (χ3v) is 9.97. The van der Waals surface area contributed by atoms with E-state index in [1.165, 1.54) is 25.2 Å². The predicted octanol–water partition coefficient (Wildman–Crippen LogP) is 0.683. The van der Waals surface area contributed by atoms with Crippen molar-refractivity contribution in [3.8, 4) is 0 Å². The Labute approximate surface area is 335 Å². The van der Waals surface area contributed by atoms with E-state index in [2.05, 4.69) is 61.1 Å². The summed E-state index contributed by atoms with van der Waals surface area (Å²) >= 11 is 0. The molecule has 59 heavy (non-hydrogen) atoms. The number of aromatic nitrogens is 8. The molecular formula is C40H43N13O6. The molecule has 0 aliphatic rings. The summed E-state index contributed by atoms with van der Waals surface area (Å²) in [6, 6.07) is 8.66. The van der Waals surface area contributed by atoms with Gasteiger partial charge in [0.15, 0.2) is 0 Å². The van der Waals surface area contributed by atoms with Crippen LogP contribution in [0.4, 0.5) is 0 Å². The van der Waals surface area contributed by atoms with Gasteiger partial charge in [0.05, 0.1) is 42.1 Å². The van der Waals surface area contributed by atoms with Crippen molar-refractivity contribution in [1.82, 2.24) is 61.1 Å². The molecule has 5 atom stereocenters. The van der Waals surface area contributed by atoms with E-state index >= 15 is 0 Å². The number of carboxylic acid groups (broad SMARTS) is 1. The molecule has 19 heteroatoms. The van der Waals surface area contributed by atoms with E-state index in [1.54, 1.807) is 24.8 Å². The molecule has 0 aliphatic carbocycles. The Morgan fingerprint density at radius 2 is 0.915 bits per heavy atom. The number of rotatable bonds is 19. The molecule has 0 unspecified atom stereocenters. The third-order valence-electron chi connectivity index (χ3n) is 9.97. The zero-order valence-electron chi connectivity index (χ0n) is 31.6. The number of fused-ring (bicyclic) bond motifs is 2. The molecule has 304 valence electrons. The van der Waals surface area contributed by atoms with Crippen LogP contribution in [0.2, 0.25) is 0 Å². The number of para-hydroxylation sites is 2. The zero-order valence-corrected chi connectivity index (χ0v) is 31.6. The number of carbonyl (C=O) groups is 5. The van der Waals surface area contributed by atoms with Gasteiger partial charge in [0.25, 0.3) is 0 Å². The molecular weight excluding hydrogens is 759 g/mol. The number of aromatic amines is 5. The van der Waals surface area contributed by atoms with E-state index in [0.29, 0.717) is 22.6 Å². The first-order valence-corrected chi connectivity index (χ1v) is 18.8. The van der Waals surface area contributed by atoms with Crippen LogP contribution in [-0.4, -0.2) is 105 Å². The third kappa shape index (κ3) is 9.89. The molecule has 7 rings (SSSR count). The number of hydrogen-bond donors (Lipinski definition) is 11. The van der Waals surface area contributed by atoms with Crippen molar-refractivity contribution in [1.29, 1.82) is 0 Å². The largest absolute Gasteiger partial charge is 0.480 e. The Morgan fingerprint density at radius 1 is 0.525 bits per heavy atom. The van der Waals surface area contributed by atoms with Crippen LogP contribution in [-0.2, 0) is 56.1 Å². The lowest BCUT2D eigenvalue weighted by Crippen LogP contribution is -2.59. The minimum Gasteiger partial charge on any atom is -0.480 e.